The van der Waals surface area contributed by atoms with Crippen molar-refractivity contribution in [3.63, 3.8) is 0 Å². The summed E-state index contributed by atoms with van der Waals surface area (Å²) in [6.45, 7) is 4.09. The van der Waals surface area contributed by atoms with Crippen molar-refractivity contribution in [1.29, 1.82) is 0 Å². The number of hydrogen-bond donors (Lipinski definition) is 3. The van der Waals surface area contributed by atoms with Crippen LogP contribution in [-0.2, 0) is 6.18 Å². The maximum Gasteiger partial charge on any atom is 0.418 e. The Kier molecular flexibility index (Phi) is 4.68. The van der Waals surface area contributed by atoms with E-state index >= 15 is 0 Å². The first-order valence-corrected chi connectivity index (χ1v) is 5.97. The van der Waals surface area contributed by atoms with Gasteiger partial charge in [0.2, 0.25) is 0 Å². The van der Waals surface area contributed by atoms with Gasteiger partial charge < -0.3 is 16.2 Å². The van der Waals surface area contributed by atoms with Crippen LogP contribution in [0, 0.1) is 5.41 Å². The number of benzene rings is 1. The van der Waals surface area contributed by atoms with Crippen molar-refractivity contribution in [2.45, 2.75) is 26.4 Å². The Morgan fingerprint density at radius 2 is 1.89 bits per heavy atom. The molecule has 0 unspecified atom stereocenters. The van der Waals surface area contributed by atoms with Gasteiger partial charge in [-0.25, -0.2) is 0 Å². The molecule has 0 aliphatic heterocycles. The molecule has 1 aromatic rings. The number of rotatable bonds is 5. The maximum absolute atomic E-state index is 12.9. The van der Waals surface area contributed by atoms with Crippen molar-refractivity contribution in [2.24, 2.45) is 5.41 Å². The number of nitrogens with one attached hydrogen (secondary N) is 1. The average Bonchev–Trinajstić information content (AvgIpc) is 2.26. The standard InChI is InChI=1S/C13H19F3N2O/c1-12(2,5-6-19)8-18-11-4-3-9(17)7-10(11)13(14,15)16/h3-4,7,18-19H,5-6,8,17H2,1-2H3. The van der Waals surface area contributed by atoms with Gasteiger partial charge in [0.15, 0.2) is 0 Å². The second-order valence-electron chi connectivity index (χ2n) is 5.29. The van der Waals surface area contributed by atoms with Crippen molar-refractivity contribution in [3.8, 4) is 0 Å². The summed E-state index contributed by atoms with van der Waals surface area (Å²) in [6, 6.07) is 3.67. The molecule has 0 aliphatic carbocycles. The third-order valence-electron chi connectivity index (χ3n) is 2.89. The van der Waals surface area contributed by atoms with Gasteiger partial charge >= 0.3 is 6.18 Å². The number of aliphatic hydroxyl groups excluding tert-OH is 1. The smallest absolute Gasteiger partial charge is 0.399 e. The molecule has 4 N–H and O–H groups in total. The molecule has 108 valence electrons. The van der Waals surface area contributed by atoms with Crippen LogP contribution in [0.5, 0.6) is 0 Å². The molecule has 0 radical (unpaired) electrons. The van der Waals surface area contributed by atoms with Crippen molar-refractivity contribution >= 4 is 11.4 Å². The summed E-state index contributed by atoms with van der Waals surface area (Å²) in [5.41, 5.74) is 4.41. The molecular weight excluding hydrogens is 257 g/mol. The van der Waals surface area contributed by atoms with Gasteiger partial charge in [0.05, 0.1) is 5.56 Å². The highest BCUT2D eigenvalue weighted by molar-refractivity contribution is 5.59. The number of alkyl halides is 3. The first kappa shape index (κ1) is 15.6. The fraction of sp³-hybridized carbons (Fsp3) is 0.538. The number of nitrogens with two attached hydrogens (primary N) is 1. The van der Waals surface area contributed by atoms with Gasteiger partial charge in [-0.1, -0.05) is 13.8 Å². The van der Waals surface area contributed by atoms with E-state index in [4.69, 9.17) is 10.8 Å². The zero-order chi connectivity index (χ0) is 14.7. The van der Waals surface area contributed by atoms with E-state index in [9.17, 15) is 13.2 Å². The highest BCUT2D eigenvalue weighted by Gasteiger charge is 2.34. The summed E-state index contributed by atoms with van der Waals surface area (Å²) in [5, 5.41) is 11.7. The van der Waals surface area contributed by atoms with Crippen LogP contribution < -0.4 is 11.1 Å². The van der Waals surface area contributed by atoms with Crippen molar-refractivity contribution in [1.82, 2.24) is 0 Å². The van der Waals surface area contributed by atoms with Crippen molar-refractivity contribution in [2.75, 3.05) is 24.2 Å². The van der Waals surface area contributed by atoms with Gasteiger partial charge in [0.25, 0.3) is 0 Å². The van der Waals surface area contributed by atoms with E-state index in [0.29, 0.717) is 13.0 Å². The highest BCUT2D eigenvalue weighted by atomic mass is 19.4. The van der Waals surface area contributed by atoms with E-state index in [0.717, 1.165) is 6.07 Å². The van der Waals surface area contributed by atoms with E-state index < -0.39 is 11.7 Å². The summed E-state index contributed by atoms with van der Waals surface area (Å²) < 4.78 is 38.6. The maximum atomic E-state index is 12.9. The van der Waals surface area contributed by atoms with Crippen LogP contribution in [0.3, 0.4) is 0 Å². The first-order chi connectivity index (χ1) is 8.65. The lowest BCUT2D eigenvalue weighted by Crippen LogP contribution is -2.25. The molecule has 0 amide bonds. The second kappa shape index (κ2) is 5.69. The summed E-state index contributed by atoms with van der Waals surface area (Å²) >= 11 is 0. The molecule has 0 spiro atoms. The SMILES string of the molecule is CC(C)(CCO)CNc1ccc(N)cc1C(F)(F)F. The average molecular weight is 276 g/mol. The molecule has 0 heterocycles. The van der Waals surface area contributed by atoms with Crippen LogP contribution in [0.4, 0.5) is 24.5 Å². The first-order valence-electron chi connectivity index (χ1n) is 5.97. The third-order valence-corrected chi connectivity index (χ3v) is 2.89. The summed E-state index contributed by atoms with van der Waals surface area (Å²) in [7, 11) is 0. The molecule has 1 rings (SSSR count). The minimum atomic E-state index is -4.45. The molecule has 3 nitrogen and oxygen atoms in total. The molecule has 6 heteroatoms. The van der Waals surface area contributed by atoms with E-state index in [-0.39, 0.29) is 23.4 Å². The predicted octanol–water partition coefficient (Wildman–Crippen LogP) is 3.11. The molecule has 0 aromatic heterocycles. The van der Waals surface area contributed by atoms with Gasteiger partial charge in [-0.3, -0.25) is 0 Å². The van der Waals surface area contributed by atoms with Crippen LogP contribution >= 0.6 is 0 Å². The Hall–Kier alpha value is -1.43. The van der Waals surface area contributed by atoms with Crippen LogP contribution in [0.25, 0.3) is 0 Å². The molecule has 0 aliphatic rings. The van der Waals surface area contributed by atoms with Gasteiger partial charge in [-0.2, -0.15) is 13.2 Å². The summed E-state index contributed by atoms with van der Waals surface area (Å²) in [4.78, 5) is 0. The van der Waals surface area contributed by atoms with E-state index in [1.54, 1.807) is 0 Å². The molecule has 0 saturated carbocycles. The fourth-order valence-electron chi connectivity index (χ4n) is 1.68. The summed E-state index contributed by atoms with van der Waals surface area (Å²) in [5.74, 6) is 0. The lowest BCUT2D eigenvalue weighted by molar-refractivity contribution is -0.136. The van der Waals surface area contributed by atoms with Crippen LogP contribution in [-0.4, -0.2) is 18.3 Å². The quantitative estimate of drug-likeness (QED) is 0.724. The predicted molar refractivity (Wildman–Crippen MR) is 69.8 cm³/mol. The van der Waals surface area contributed by atoms with Crippen molar-refractivity contribution in [3.05, 3.63) is 23.8 Å². The second-order valence-corrected chi connectivity index (χ2v) is 5.29. The molecule has 0 atom stereocenters. The largest absolute Gasteiger partial charge is 0.418 e. The van der Waals surface area contributed by atoms with Crippen LogP contribution in [0.2, 0.25) is 0 Å². The molecule has 0 saturated heterocycles. The van der Waals surface area contributed by atoms with Gasteiger partial charge in [-0.15, -0.1) is 0 Å². The topological polar surface area (TPSA) is 58.3 Å². The summed E-state index contributed by atoms with van der Waals surface area (Å²) in [6.07, 6.45) is -3.94. The number of halogens is 3. The minimum absolute atomic E-state index is 0.00253. The van der Waals surface area contributed by atoms with Gasteiger partial charge in [0, 0.05) is 24.5 Å². The zero-order valence-electron chi connectivity index (χ0n) is 11.0. The van der Waals surface area contributed by atoms with Crippen molar-refractivity contribution < 1.29 is 18.3 Å². The Balaban J connectivity index is 2.90. The molecular formula is C13H19F3N2O. The van der Waals surface area contributed by atoms with Gasteiger partial charge in [-0.05, 0) is 30.0 Å². The monoisotopic (exact) mass is 276 g/mol. The van der Waals surface area contributed by atoms with E-state index in [1.807, 2.05) is 13.8 Å². The van der Waals surface area contributed by atoms with Crippen LogP contribution in [0.15, 0.2) is 18.2 Å². The number of hydrogen-bond acceptors (Lipinski definition) is 3. The lowest BCUT2D eigenvalue weighted by atomic mass is 9.89. The fourth-order valence-corrected chi connectivity index (χ4v) is 1.68. The molecule has 0 bridgehead atoms. The van der Waals surface area contributed by atoms with E-state index in [2.05, 4.69) is 5.32 Å². The number of anilines is 2. The van der Waals surface area contributed by atoms with Gasteiger partial charge in [0.1, 0.15) is 0 Å². The Morgan fingerprint density at radius 3 is 2.42 bits per heavy atom. The highest BCUT2D eigenvalue weighted by Crippen LogP contribution is 2.36. The molecule has 1 aromatic carbocycles. The normalized spacial score (nSPS) is 12.5. The Morgan fingerprint density at radius 1 is 1.26 bits per heavy atom. The lowest BCUT2D eigenvalue weighted by Gasteiger charge is -2.25. The Labute approximate surface area is 110 Å². The Bertz CT molecular complexity index is 430. The van der Waals surface area contributed by atoms with E-state index in [1.165, 1.54) is 12.1 Å². The number of aliphatic hydroxyl groups is 1. The zero-order valence-corrected chi connectivity index (χ0v) is 11.0. The number of nitrogen functional groups attached to an aromatic ring is 1. The third kappa shape index (κ3) is 4.63. The molecule has 19 heavy (non-hydrogen) atoms. The van der Waals surface area contributed by atoms with Crippen LogP contribution in [0.1, 0.15) is 25.8 Å². The molecule has 0 fully saturated rings. The minimum Gasteiger partial charge on any atom is -0.399 e.